The van der Waals surface area contributed by atoms with Gasteiger partial charge < -0.3 is 41.3 Å². The summed E-state index contributed by atoms with van der Waals surface area (Å²) in [6.45, 7) is 2.81. The number of amides is 1. The van der Waals surface area contributed by atoms with E-state index in [0.717, 1.165) is 0 Å². The summed E-state index contributed by atoms with van der Waals surface area (Å²) < 4.78 is 0. The zero-order valence-electron chi connectivity index (χ0n) is 14.2. The van der Waals surface area contributed by atoms with Crippen LogP contribution in [-0.4, -0.2) is 93.2 Å². The van der Waals surface area contributed by atoms with E-state index in [1.807, 2.05) is 13.8 Å². The quantitative estimate of drug-likeness (QED) is 0.192. The Morgan fingerprint density at radius 1 is 1.00 bits per heavy atom. The number of hydrogen-bond acceptors (Lipinski definition) is 8. The molecule has 5 atom stereocenters. The Kier molecular flexibility index (Phi) is 14.6. The molecule has 0 aliphatic carbocycles. The topological polar surface area (TPSA) is 180 Å². The highest BCUT2D eigenvalue weighted by molar-refractivity contribution is 5.78. The SMILES string of the molecule is CC.CNC(CCC(=O)NCC(O)C(O)C(O)C(O)CO)C(=O)O. The summed E-state index contributed by atoms with van der Waals surface area (Å²) in [6.07, 6.45) is -6.76. The van der Waals surface area contributed by atoms with Crippen LogP contribution in [0.25, 0.3) is 0 Å². The number of carbonyl (C=O) groups is 2. The van der Waals surface area contributed by atoms with Crippen LogP contribution in [0.5, 0.6) is 0 Å². The van der Waals surface area contributed by atoms with Crippen molar-refractivity contribution in [2.45, 2.75) is 57.1 Å². The van der Waals surface area contributed by atoms with Gasteiger partial charge in [-0.1, -0.05) is 13.8 Å². The van der Waals surface area contributed by atoms with E-state index in [1.165, 1.54) is 7.05 Å². The molecule has 0 aliphatic rings. The second-order valence-corrected chi connectivity index (χ2v) is 4.82. The highest BCUT2D eigenvalue weighted by Crippen LogP contribution is 2.05. The molecule has 0 radical (unpaired) electrons. The Labute approximate surface area is 141 Å². The van der Waals surface area contributed by atoms with E-state index >= 15 is 0 Å². The van der Waals surface area contributed by atoms with Crippen molar-refractivity contribution in [2.24, 2.45) is 0 Å². The first-order valence-electron chi connectivity index (χ1n) is 7.74. The average Bonchev–Trinajstić information content (AvgIpc) is 2.59. The number of carboxylic acids is 1. The van der Waals surface area contributed by atoms with Crippen molar-refractivity contribution in [3.05, 3.63) is 0 Å². The summed E-state index contributed by atoms with van der Waals surface area (Å²) in [5.41, 5.74) is 0. The fourth-order valence-corrected chi connectivity index (χ4v) is 1.66. The standard InChI is InChI=1S/C12H24N2O8.C2H6/c1-13-6(12(21)22)2-3-9(18)14-4-7(16)10(19)11(20)8(17)5-15;1-2/h6-8,10-11,13,15-17,19-20H,2-5H2,1H3,(H,14,18)(H,21,22);1-2H3. The molecule has 0 fully saturated rings. The van der Waals surface area contributed by atoms with Crippen LogP contribution in [0.4, 0.5) is 0 Å². The number of aliphatic hydroxyl groups excluding tert-OH is 5. The van der Waals surface area contributed by atoms with Crippen LogP contribution in [0.2, 0.25) is 0 Å². The van der Waals surface area contributed by atoms with Gasteiger partial charge in [0.05, 0.1) is 12.7 Å². The molecular formula is C14H30N2O8. The predicted molar refractivity (Wildman–Crippen MR) is 85.2 cm³/mol. The minimum absolute atomic E-state index is 0.0438. The third kappa shape index (κ3) is 9.75. The second kappa shape index (κ2) is 14.1. The van der Waals surface area contributed by atoms with Crippen molar-refractivity contribution in [2.75, 3.05) is 20.2 Å². The lowest BCUT2D eigenvalue weighted by molar-refractivity contribution is -0.139. The fraction of sp³-hybridized carbons (Fsp3) is 0.857. The minimum Gasteiger partial charge on any atom is -0.480 e. The number of nitrogens with one attached hydrogen (secondary N) is 2. The Morgan fingerprint density at radius 2 is 1.50 bits per heavy atom. The lowest BCUT2D eigenvalue weighted by Gasteiger charge is -2.25. The Balaban J connectivity index is 0. The molecule has 8 N–H and O–H groups in total. The molecule has 0 rings (SSSR count). The van der Waals surface area contributed by atoms with Gasteiger partial charge in [-0.3, -0.25) is 9.59 Å². The third-order valence-electron chi connectivity index (χ3n) is 3.14. The molecule has 0 heterocycles. The number of hydrogen-bond donors (Lipinski definition) is 8. The van der Waals surface area contributed by atoms with Crippen LogP contribution < -0.4 is 10.6 Å². The lowest BCUT2D eigenvalue weighted by Crippen LogP contribution is -2.49. The number of aliphatic carboxylic acids is 1. The summed E-state index contributed by atoms with van der Waals surface area (Å²) in [4.78, 5) is 22.2. The molecular weight excluding hydrogens is 324 g/mol. The molecule has 0 aromatic carbocycles. The molecule has 0 aromatic rings. The van der Waals surface area contributed by atoms with Gasteiger partial charge >= 0.3 is 5.97 Å². The van der Waals surface area contributed by atoms with Gasteiger partial charge in [-0.25, -0.2) is 0 Å². The van der Waals surface area contributed by atoms with Gasteiger partial charge in [0.2, 0.25) is 5.91 Å². The van der Waals surface area contributed by atoms with Crippen LogP contribution >= 0.6 is 0 Å². The maximum Gasteiger partial charge on any atom is 0.320 e. The molecule has 0 spiro atoms. The largest absolute Gasteiger partial charge is 0.480 e. The maximum atomic E-state index is 11.5. The molecule has 24 heavy (non-hydrogen) atoms. The van der Waals surface area contributed by atoms with Crippen molar-refractivity contribution in [3.8, 4) is 0 Å². The van der Waals surface area contributed by atoms with Gasteiger partial charge in [-0.2, -0.15) is 0 Å². The van der Waals surface area contributed by atoms with Crippen LogP contribution in [-0.2, 0) is 9.59 Å². The molecule has 0 bridgehead atoms. The monoisotopic (exact) mass is 354 g/mol. The summed E-state index contributed by atoms with van der Waals surface area (Å²) in [5.74, 6) is -1.63. The smallest absolute Gasteiger partial charge is 0.320 e. The molecule has 0 aliphatic heterocycles. The van der Waals surface area contributed by atoms with E-state index < -0.39 is 55.5 Å². The van der Waals surface area contributed by atoms with E-state index in [9.17, 15) is 24.9 Å². The van der Waals surface area contributed by atoms with Gasteiger partial charge in [0.15, 0.2) is 0 Å². The minimum atomic E-state index is -1.77. The summed E-state index contributed by atoms with van der Waals surface area (Å²) >= 11 is 0. The zero-order valence-corrected chi connectivity index (χ0v) is 14.2. The van der Waals surface area contributed by atoms with E-state index in [1.54, 1.807) is 0 Å². The highest BCUT2D eigenvalue weighted by Gasteiger charge is 2.30. The van der Waals surface area contributed by atoms with Crippen molar-refractivity contribution in [3.63, 3.8) is 0 Å². The molecule has 144 valence electrons. The van der Waals surface area contributed by atoms with Crippen molar-refractivity contribution in [1.82, 2.24) is 10.6 Å². The molecule has 10 nitrogen and oxygen atoms in total. The summed E-state index contributed by atoms with van der Waals surface area (Å²) in [7, 11) is 1.45. The van der Waals surface area contributed by atoms with E-state index in [2.05, 4.69) is 10.6 Å². The van der Waals surface area contributed by atoms with Gasteiger partial charge in [0.1, 0.15) is 24.4 Å². The summed E-state index contributed by atoms with van der Waals surface area (Å²) in [6, 6.07) is -0.872. The maximum absolute atomic E-state index is 11.5. The Hall–Kier alpha value is -1.30. The van der Waals surface area contributed by atoms with Crippen molar-refractivity contribution < 1.29 is 40.2 Å². The molecule has 5 unspecified atom stereocenters. The Morgan fingerprint density at radius 3 is 1.92 bits per heavy atom. The lowest BCUT2D eigenvalue weighted by atomic mass is 10.0. The molecule has 0 aromatic heterocycles. The van der Waals surface area contributed by atoms with E-state index in [4.69, 9.17) is 15.3 Å². The van der Waals surface area contributed by atoms with E-state index in [0.29, 0.717) is 0 Å². The molecule has 0 saturated carbocycles. The second-order valence-electron chi connectivity index (χ2n) is 4.82. The number of likely N-dealkylation sites (N-methyl/N-ethyl adjacent to an activating group) is 1. The van der Waals surface area contributed by atoms with Gasteiger partial charge in [0.25, 0.3) is 0 Å². The van der Waals surface area contributed by atoms with Crippen LogP contribution in [0, 0.1) is 0 Å². The van der Waals surface area contributed by atoms with Crippen LogP contribution in [0.3, 0.4) is 0 Å². The highest BCUT2D eigenvalue weighted by atomic mass is 16.4. The molecule has 10 heteroatoms. The van der Waals surface area contributed by atoms with E-state index in [-0.39, 0.29) is 12.8 Å². The van der Waals surface area contributed by atoms with Crippen LogP contribution in [0.15, 0.2) is 0 Å². The van der Waals surface area contributed by atoms with Gasteiger partial charge in [-0.15, -0.1) is 0 Å². The number of rotatable bonds is 11. The Bertz CT molecular complexity index is 356. The van der Waals surface area contributed by atoms with Gasteiger partial charge in [0, 0.05) is 13.0 Å². The number of aliphatic hydroxyl groups is 5. The first kappa shape index (κ1) is 24.9. The van der Waals surface area contributed by atoms with Crippen LogP contribution in [0.1, 0.15) is 26.7 Å². The molecule has 1 amide bonds. The average molecular weight is 354 g/mol. The first-order valence-corrected chi connectivity index (χ1v) is 7.74. The summed E-state index contributed by atoms with van der Waals surface area (Å²) in [5, 5.41) is 59.8. The predicted octanol–water partition coefficient (Wildman–Crippen LogP) is -2.98. The van der Waals surface area contributed by atoms with Crippen molar-refractivity contribution in [1.29, 1.82) is 0 Å². The number of carbonyl (C=O) groups excluding carboxylic acids is 1. The molecule has 0 saturated heterocycles. The third-order valence-corrected chi connectivity index (χ3v) is 3.14. The van der Waals surface area contributed by atoms with Crippen molar-refractivity contribution >= 4 is 11.9 Å². The van der Waals surface area contributed by atoms with Gasteiger partial charge in [-0.05, 0) is 13.5 Å². The fourth-order valence-electron chi connectivity index (χ4n) is 1.66. The first-order chi connectivity index (χ1) is 11.2. The zero-order chi connectivity index (χ0) is 19.3. The normalized spacial score (nSPS) is 16.8. The number of carboxylic acid groups (broad SMARTS) is 1.